The first-order valence-electron chi connectivity index (χ1n) is 5.89. The largest absolute Gasteiger partial charge is 0.301 e. The van der Waals surface area contributed by atoms with Gasteiger partial charge in [0.05, 0.1) is 11.3 Å². The van der Waals surface area contributed by atoms with Crippen LogP contribution in [0, 0.1) is 17.0 Å². The summed E-state index contributed by atoms with van der Waals surface area (Å²) in [7, 11) is 0. The number of halogens is 3. The lowest BCUT2D eigenvalue weighted by Gasteiger charge is -2.22. The van der Waals surface area contributed by atoms with Crippen LogP contribution in [-0.4, -0.2) is 23.6 Å². The molecule has 1 aromatic rings. The normalized spacial score (nSPS) is 19.8. The number of hydrogen-bond donors (Lipinski definition) is 0. The smallest absolute Gasteiger partial charge is 0.299 e. The van der Waals surface area contributed by atoms with Gasteiger partial charge in [-0.1, -0.05) is 15.9 Å². The maximum Gasteiger partial charge on any atom is 0.299 e. The average molecular weight is 330 g/mol. The molecule has 1 aliphatic carbocycles. The van der Waals surface area contributed by atoms with Crippen LogP contribution in [0.2, 0.25) is 0 Å². The Hall–Kier alpha value is -1.30. The molecule has 1 heterocycles. The molecule has 100 valence electrons. The van der Waals surface area contributed by atoms with Crippen LogP contribution in [0.25, 0.3) is 0 Å². The summed E-state index contributed by atoms with van der Waals surface area (Å²) in [4.78, 5) is 24.8. The van der Waals surface area contributed by atoms with Crippen LogP contribution in [0.4, 0.5) is 14.5 Å². The fourth-order valence-electron chi connectivity index (χ4n) is 2.35. The van der Waals surface area contributed by atoms with Gasteiger partial charge < -0.3 is 4.90 Å². The predicted octanol–water partition coefficient (Wildman–Crippen LogP) is 2.67. The number of benzene rings is 1. The van der Waals surface area contributed by atoms with Gasteiger partial charge in [-0.2, -0.15) is 0 Å². The first-order valence-corrected chi connectivity index (χ1v) is 7.01. The lowest BCUT2D eigenvalue weighted by Crippen LogP contribution is -2.36. The van der Waals surface area contributed by atoms with Gasteiger partial charge in [0.25, 0.3) is 11.7 Å². The van der Waals surface area contributed by atoms with E-state index in [1.165, 1.54) is 0 Å². The molecule has 0 unspecified atom stereocenters. The summed E-state index contributed by atoms with van der Waals surface area (Å²) >= 11 is 3.36. The van der Waals surface area contributed by atoms with Gasteiger partial charge in [-0.15, -0.1) is 0 Å². The molecule has 0 spiro atoms. The number of carbonyl (C=O) groups is 2. The number of carbonyl (C=O) groups excluding carboxylic acids is 2. The minimum absolute atomic E-state index is 0.115. The highest BCUT2D eigenvalue weighted by Gasteiger charge is 2.49. The lowest BCUT2D eigenvalue weighted by molar-refractivity contribution is -0.114. The van der Waals surface area contributed by atoms with Crippen LogP contribution in [0.5, 0.6) is 0 Å². The third-order valence-electron chi connectivity index (χ3n) is 3.75. The zero-order valence-corrected chi connectivity index (χ0v) is 11.5. The predicted molar refractivity (Wildman–Crippen MR) is 68.5 cm³/mol. The van der Waals surface area contributed by atoms with Crippen LogP contribution in [-0.2, 0) is 4.79 Å². The molecule has 2 aliphatic rings. The molecule has 1 saturated carbocycles. The first-order chi connectivity index (χ1) is 8.99. The van der Waals surface area contributed by atoms with Crippen molar-refractivity contribution in [2.75, 3.05) is 16.8 Å². The second kappa shape index (κ2) is 4.10. The number of alkyl halides is 1. The van der Waals surface area contributed by atoms with Gasteiger partial charge in [0, 0.05) is 11.9 Å². The third-order valence-corrected chi connectivity index (χ3v) is 4.94. The van der Waals surface area contributed by atoms with Crippen molar-refractivity contribution in [2.24, 2.45) is 5.41 Å². The van der Waals surface area contributed by atoms with Crippen molar-refractivity contribution in [2.45, 2.75) is 12.8 Å². The van der Waals surface area contributed by atoms with Crippen molar-refractivity contribution in [1.29, 1.82) is 0 Å². The number of nitrogens with zero attached hydrogens (tertiary/aromatic N) is 1. The highest BCUT2D eigenvalue weighted by Crippen LogP contribution is 2.49. The number of rotatable bonds is 3. The first kappa shape index (κ1) is 12.7. The van der Waals surface area contributed by atoms with Crippen LogP contribution < -0.4 is 4.90 Å². The molecule has 1 amide bonds. The monoisotopic (exact) mass is 329 g/mol. The number of ketones is 1. The highest BCUT2D eigenvalue weighted by molar-refractivity contribution is 9.09. The molecule has 0 radical (unpaired) electrons. The van der Waals surface area contributed by atoms with E-state index in [0.717, 1.165) is 29.9 Å². The van der Waals surface area contributed by atoms with Gasteiger partial charge in [-0.25, -0.2) is 8.78 Å². The van der Waals surface area contributed by atoms with Crippen LogP contribution in [0.1, 0.15) is 23.2 Å². The summed E-state index contributed by atoms with van der Waals surface area (Å²) in [5.74, 6) is -3.38. The third kappa shape index (κ3) is 1.81. The number of anilines is 1. The minimum atomic E-state index is -0.961. The summed E-state index contributed by atoms with van der Waals surface area (Å²) in [6, 6.07) is 1.82. The van der Waals surface area contributed by atoms with Crippen LogP contribution >= 0.6 is 15.9 Å². The van der Waals surface area contributed by atoms with Crippen molar-refractivity contribution in [3.05, 3.63) is 29.3 Å². The van der Waals surface area contributed by atoms with E-state index >= 15 is 0 Å². The van der Waals surface area contributed by atoms with Crippen LogP contribution in [0.15, 0.2) is 12.1 Å². The van der Waals surface area contributed by atoms with Crippen molar-refractivity contribution in [1.82, 2.24) is 0 Å². The quantitative estimate of drug-likeness (QED) is 0.631. The van der Waals surface area contributed by atoms with Crippen molar-refractivity contribution >= 4 is 33.3 Å². The van der Waals surface area contributed by atoms with E-state index in [-0.39, 0.29) is 17.6 Å². The molecule has 0 aromatic heterocycles. The SMILES string of the molecule is O=C1C(=O)N(CC2(CBr)CC2)c2c(F)ccc(F)c21. The molecule has 3 nitrogen and oxygen atoms in total. The van der Waals surface area contributed by atoms with Gasteiger partial charge in [0.2, 0.25) is 0 Å². The average Bonchev–Trinajstić information content (AvgIpc) is 3.12. The van der Waals surface area contributed by atoms with E-state index in [1.54, 1.807) is 0 Å². The summed E-state index contributed by atoms with van der Waals surface area (Å²) in [5.41, 5.74) is -0.756. The minimum Gasteiger partial charge on any atom is -0.301 e. The fourth-order valence-corrected chi connectivity index (χ4v) is 3.09. The molecule has 1 aromatic carbocycles. The second-order valence-electron chi connectivity index (χ2n) is 5.11. The Bertz CT molecular complexity index is 599. The van der Waals surface area contributed by atoms with Crippen molar-refractivity contribution in [3.63, 3.8) is 0 Å². The van der Waals surface area contributed by atoms with Gasteiger partial charge in [-0.05, 0) is 30.4 Å². The standard InChI is InChI=1S/C13H10BrF2NO2/c14-5-13(3-4-13)6-17-10-8(16)2-1-7(15)9(10)11(18)12(17)19/h1-2H,3-6H2. The molecule has 0 saturated heterocycles. The Labute approximate surface area is 116 Å². The molecule has 0 N–H and O–H groups in total. The highest BCUT2D eigenvalue weighted by atomic mass is 79.9. The zero-order chi connectivity index (χ0) is 13.8. The Balaban J connectivity index is 2.07. The molecule has 0 atom stereocenters. The van der Waals surface area contributed by atoms with E-state index in [4.69, 9.17) is 0 Å². The Morgan fingerprint density at radius 3 is 2.42 bits per heavy atom. The Morgan fingerprint density at radius 1 is 1.21 bits per heavy atom. The number of Topliss-reactive ketones (excluding diaryl/α,β-unsaturated/α-hetero) is 1. The van der Waals surface area contributed by atoms with E-state index in [1.807, 2.05) is 0 Å². The Morgan fingerprint density at radius 2 is 1.84 bits per heavy atom. The molecular weight excluding hydrogens is 320 g/mol. The summed E-state index contributed by atoms with van der Waals surface area (Å²) in [6.45, 7) is 0.246. The van der Waals surface area contributed by atoms with Crippen molar-refractivity contribution < 1.29 is 18.4 Å². The second-order valence-corrected chi connectivity index (χ2v) is 5.67. The maximum absolute atomic E-state index is 13.8. The molecule has 1 fully saturated rings. The summed E-state index contributed by atoms with van der Waals surface area (Å²) in [5, 5.41) is 0.671. The van der Waals surface area contributed by atoms with Gasteiger partial charge in [0.15, 0.2) is 0 Å². The van der Waals surface area contributed by atoms with Crippen LogP contribution in [0.3, 0.4) is 0 Å². The lowest BCUT2D eigenvalue weighted by atomic mass is 10.1. The van der Waals surface area contributed by atoms with E-state index < -0.39 is 28.9 Å². The number of fused-ring (bicyclic) bond motifs is 1. The Kier molecular flexibility index (Phi) is 2.74. The molecule has 0 bridgehead atoms. The van der Waals surface area contributed by atoms with E-state index in [0.29, 0.717) is 5.33 Å². The molecule has 19 heavy (non-hydrogen) atoms. The molecule has 1 aliphatic heterocycles. The van der Waals surface area contributed by atoms with E-state index in [9.17, 15) is 18.4 Å². The van der Waals surface area contributed by atoms with Gasteiger partial charge in [0.1, 0.15) is 11.6 Å². The number of hydrogen-bond acceptors (Lipinski definition) is 2. The van der Waals surface area contributed by atoms with Crippen molar-refractivity contribution in [3.8, 4) is 0 Å². The molecule has 3 rings (SSSR count). The zero-order valence-electron chi connectivity index (χ0n) is 9.88. The topological polar surface area (TPSA) is 37.4 Å². The number of amides is 1. The van der Waals surface area contributed by atoms with E-state index in [2.05, 4.69) is 15.9 Å². The summed E-state index contributed by atoms with van der Waals surface area (Å²) in [6.07, 6.45) is 1.81. The fraction of sp³-hybridized carbons (Fsp3) is 0.385. The maximum atomic E-state index is 13.8. The van der Waals surface area contributed by atoms with Gasteiger partial charge in [-0.3, -0.25) is 9.59 Å². The molecular formula is C13H10BrF2NO2. The molecule has 6 heteroatoms. The van der Waals surface area contributed by atoms with Gasteiger partial charge >= 0.3 is 0 Å². The summed E-state index contributed by atoms with van der Waals surface area (Å²) < 4.78 is 27.5.